The molecule has 4 aliphatic rings. The van der Waals surface area contributed by atoms with Crippen LogP contribution in [0.25, 0.3) is 0 Å². The summed E-state index contributed by atoms with van der Waals surface area (Å²) in [4.78, 5) is 27.6. The number of carbonyl (C=O) groups excluding carboxylic acids is 2. The first-order valence-corrected chi connectivity index (χ1v) is 15.3. The number of aliphatic hydroxyl groups excluding tert-OH is 1. The van der Waals surface area contributed by atoms with E-state index in [9.17, 15) is 30.0 Å². The summed E-state index contributed by atoms with van der Waals surface area (Å²) in [6.45, 7) is 6.19. The Balaban J connectivity index is 1.34. The Bertz CT molecular complexity index is 1560. The van der Waals surface area contributed by atoms with E-state index in [0.29, 0.717) is 26.0 Å². The van der Waals surface area contributed by atoms with E-state index in [0.717, 1.165) is 0 Å². The second kappa shape index (κ2) is 12.7. The largest absolute Gasteiger partial charge is 0.507 e. The summed E-state index contributed by atoms with van der Waals surface area (Å²) in [5, 5.41) is 48.1. The molecule has 0 aromatic heterocycles. The first kappa shape index (κ1) is 32.5. The molecule has 0 spiro atoms. The van der Waals surface area contributed by atoms with E-state index in [-0.39, 0.29) is 63.6 Å². The van der Waals surface area contributed by atoms with Gasteiger partial charge in [0.15, 0.2) is 24.6 Å². The van der Waals surface area contributed by atoms with Crippen molar-refractivity contribution in [3.05, 3.63) is 63.7 Å². The smallest absolute Gasteiger partial charge is 0.202 e. The summed E-state index contributed by atoms with van der Waals surface area (Å²) in [6, 6.07) is 4.52. The van der Waals surface area contributed by atoms with E-state index in [1.165, 1.54) is 26.4 Å². The van der Waals surface area contributed by atoms with Crippen LogP contribution >= 0.6 is 0 Å². The maximum Gasteiger partial charge on any atom is 0.202 e. The van der Waals surface area contributed by atoms with Crippen LogP contribution in [0, 0.1) is 0 Å². The van der Waals surface area contributed by atoms with Crippen LogP contribution in [0.5, 0.6) is 17.2 Å². The Morgan fingerprint density at radius 3 is 2.54 bits per heavy atom. The fourth-order valence-electron chi connectivity index (χ4n) is 6.90. The number of hydrogen-bond acceptors (Lipinski definition) is 13. The molecule has 7 atom stereocenters. The number of ether oxygens (including phenoxy) is 6. The van der Waals surface area contributed by atoms with Gasteiger partial charge in [0, 0.05) is 49.6 Å². The monoisotopic (exact) mass is 641 g/mol. The van der Waals surface area contributed by atoms with Gasteiger partial charge in [-0.2, -0.15) is 0 Å². The summed E-state index contributed by atoms with van der Waals surface area (Å²) in [6.07, 6.45) is -3.38. The number of morpholine rings is 1. The molecular weight excluding hydrogens is 602 g/mol. The van der Waals surface area contributed by atoms with E-state index in [4.69, 9.17) is 28.4 Å². The molecule has 2 aliphatic heterocycles. The highest BCUT2D eigenvalue weighted by Gasteiger charge is 2.48. The number of methoxy groups -OCH3 is 2. The number of hydrogen-bond donors (Lipinski definition) is 5. The number of fused-ring (bicyclic) bond motifs is 3. The maximum absolute atomic E-state index is 13.9. The molecule has 2 aliphatic carbocycles. The highest BCUT2D eigenvalue weighted by atomic mass is 16.7. The standard InChI is InChI=1S/C33H39NO12/c1-15(14-35)33(40)12-18-24(30(39)26-25(28(18)37)27(36)17-6-5-7-20(41-3)23(17)29(26)38)21(13-33)45-22-9-8-19(16(2)44-22)46-31-32(42-4)43-11-10-34-31/h5-7,16,19,21-22,31-32,34-35,37,39-40H,1,8-14H2,2-4H3/t16-,19-,21-,22-,31+,32-,33-/m0/s1. The molecule has 0 amide bonds. The zero-order chi connectivity index (χ0) is 32.9. The van der Waals surface area contributed by atoms with Crippen LogP contribution < -0.4 is 10.1 Å². The lowest BCUT2D eigenvalue weighted by Gasteiger charge is -2.43. The number of aliphatic hydroxyl groups is 2. The number of aromatic hydroxyl groups is 2. The SMILES string of the molecule is C=C(CO)[C@]1(O)Cc2c(O)c3c(c(O)c2[C@@H](O[C@H]2CC[C@H](O[C@H]4NCCO[C@@H]4OC)[C@H](C)O2)C1)C(=O)c1c(OC)cccc1C3=O. The third kappa shape index (κ3) is 5.40. The summed E-state index contributed by atoms with van der Waals surface area (Å²) < 4.78 is 35.1. The van der Waals surface area contributed by atoms with Gasteiger partial charge in [0.25, 0.3) is 0 Å². The summed E-state index contributed by atoms with van der Waals surface area (Å²) >= 11 is 0. The zero-order valence-electron chi connectivity index (χ0n) is 25.9. The molecule has 2 fully saturated rings. The fraction of sp³-hybridized carbons (Fsp3) is 0.515. The van der Waals surface area contributed by atoms with Gasteiger partial charge in [-0.15, -0.1) is 0 Å². The number of nitrogens with one attached hydrogen (secondary N) is 1. The average molecular weight is 642 g/mol. The van der Waals surface area contributed by atoms with Crippen LogP contribution in [0.3, 0.4) is 0 Å². The Kier molecular flexibility index (Phi) is 8.95. The van der Waals surface area contributed by atoms with Crippen LogP contribution in [0.4, 0.5) is 0 Å². The molecule has 13 nitrogen and oxygen atoms in total. The zero-order valence-corrected chi connectivity index (χ0v) is 25.9. The normalized spacial score (nSPS) is 30.7. The van der Waals surface area contributed by atoms with Crippen molar-refractivity contribution < 1.29 is 58.4 Å². The topological polar surface area (TPSA) is 182 Å². The molecule has 0 bridgehead atoms. The number of benzene rings is 2. The summed E-state index contributed by atoms with van der Waals surface area (Å²) in [5.74, 6) is -2.34. The molecule has 0 unspecified atom stereocenters. The van der Waals surface area contributed by atoms with Crippen molar-refractivity contribution in [3.63, 3.8) is 0 Å². The van der Waals surface area contributed by atoms with Gasteiger partial charge >= 0.3 is 0 Å². The molecule has 46 heavy (non-hydrogen) atoms. The Morgan fingerprint density at radius 1 is 1.09 bits per heavy atom. The van der Waals surface area contributed by atoms with E-state index >= 15 is 0 Å². The van der Waals surface area contributed by atoms with E-state index in [1.54, 1.807) is 6.07 Å². The molecule has 0 radical (unpaired) electrons. The van der Waals surface area contributed by atoms with Gasteiger partial charge in [-0.1, -0.05) is 18.7 Å². The highest BCUT2D eigenvalue weighted by molar-refractivity contribution is 6.31. The molecule has 2 aromatic rings. The number of phenolic OH excluding ortho intramolecular Hbond substituents is 2. The van der Waals surface area contributed by atoms with Crippen molar-refractivity contribution in [1.82, 2.24) is 5.32 Å². The van der Waals surface area contributed by atoms with Gasteiger partial charge in [-0.05, 0) is 25.0 Å². The van der Waals surface area contributed by atoms with Gasteiger partial charge in [-0.25, -0.2) is 0 Å². The molecule has 2 heterocycles. The van der Waals surface area contributed by atoms with Crippen LogP contribution in [-0.2, 0) is 30.1 Å². The molecule has 2 aromatic carbocycles. The third-order valence-corrected chi connectivity index (χ3v) is 9.35. The summed E-state index contributed by atoms with van der Waals surface area (Å²) in [7, 11) is 2.90. The molecular formula is C33H39NO12. The van der Waals surface area contributed by atoms with Crippen LogP contribution in [0.15, 0.2) is 30.4 Å². The predicted octanol–water partition coefficient (Wildman–Crippen LogP) is 1.99. The van der Waals surface area contributed by atoms with Crippen molar-refractivity contribution in [2.24, 2.45) is 0 Å². The lowest BCUT2D eigenvalue weighted by Crippen LogP contribution is -2.54. The molecule has 0 saturated carbocycles. The van der Waals surface area contributed by atoms with Crippen LogP contribution in [-0.4, -0.2) is 103 Å². The van der Waals surface area contributed by atoms with Crippen molar-refractivity contribution in [3.8, 4) is 17.2 Å². The van der Waals surface area contributed by atoms with Gasteiger partial charge in [-0.3, -0.25) is 14.9 Å². The molecule has 2 saturated heterocycles. The Morgan fingerprint density at radius 2 is 1.85 bits per heavy atom. The molecule has 13 heteroatoms. The lowest BCUT2D eigenvalue weighted by molar-refractivity contribution is -0.281. The van der Waals surface area contributed by atoms with Gasteiger partial charge in [0.1, 0.15) is 17.2 Å². The number of phenols is 2. The third-order valence-electron chi connectivity index (χ3n) is 9.35. The number of carbonyl (C=O) groups is 2. The highest BCUT2D eigenvalue weighted by Crippen LogP contribution is 2.53. The van der Waals surface area contributed by atoms with E-state index in [1.807, 2.05) is 6.92 Å². The van der Waals surface area contributed by atoms with Crippen molar-refractivity contribution in [1.29, 1.82) is 0 Å². The van der Waals surface area contributed by atoms with Crippen molar-refractivity contribution in [2.45, 2.75) is 75.3 Å². The second-order valence-corrected chi connectivity index (χ2v) is 12.1. The van der Waals surface area contributed by atoms with Crippen LogP contribution in [0.1, 0.15) is 75.3 Å². The van der Waals surface area contributed by atoms with Gasteiger partial charge in [0.2, 0.25) is 5.78 Å². The fourth-order valence-corrected chi connectivity index (χ4v) is 6.90. The van der Waals surface area contributed by atoms with Crippen molar-refractivity contribution in [2.75, 3.05) is 34.0 Å². The molecule has 248 valence electrons. The second-order valence-electron chi connectivity index (χ2n) is 12.1. The first-order valence-electron chi connectivity index (χ1n) is 15.3. The summed E-state index contributed by atoms with van der Waals surface area (Å²) in [5.41, 5.74) is -2.43. The average Bonchev–Trinajstić information content (AvgIpc) is 3.05. The van der Waals surface area contributed by atoms with E-state index < -0.39 is 66.3 Å². The maximum atomic E-state index is 13.9. The lowest BCUT2D eigenvalue weighted by atomic mass is 9.71. The Hall–Kier alpha value is -3.40. The minimum absolute atomic E-state index is 0.0103. The predicted molar refractivity (Wildman–Crippen MR) is 160 cm³/mol. The molecule has 6 rings (SSSR count). The van der Waals surface area contributed by atoms with Crippen molar-refractivity contribution >= 4 is 11.6 Å². The first-order chi connectivity index (χ1) is 22.0. The number of rotatable bonds is 8. The van der Waals surface area contributed by atoms with Gasteiger partial charge in [0.05, 0.1) is 60.9 Å². The van der Waals surface area contributed by atoms with Gasteiger partial charge < -0.3 is 48.8 Å². The minimum Gasteiger partial charge on any atom is -0.507 e. The van der Waals surface area contributed by atoms with Crippen LogP contribution in [0.2, 0.25) is 0 Å². The van der Waals surface area contributed by atoms with E-state index in [2.05, 4.69) is 11.9 Å². The Labute approximate surface area is 265 Å². The molecule has 5 N–H and O–H groups in total. The quantitative estimate of drug-likeness (QED) is 0.178. The minimum atomic E-state index is -1.78. The number of ketones is 2.